The van der Waals surface area contributed by atoms with Gasteiger partial charge >= 0.3 is 0 Å². The maximum atomic E-state index is 10.7. The second-order valence-electron chi connectivity index (χ2n) is 5.39. The molecule has 1 aliphatic rings. The lowest BCUT2D eigenvalue weighted by molar-refractivity contribution is 0.0900. The molecule has 1 aromatic heterocycles. The standard InChI is InChI=1S/C15H19ClN2O/c1-18-9-13(12-3-2-11(16)8-14(12)18)15(19)10-4-6-17-7-5-10/h2-3,8-10,15,17,19H,4-7H2,1H3. The zero-order valence-electron chi connectivity index (χ0n) is 11.1. The molecule has 1 saturated heterocycles. The van der Waals surface area contributed by atoms with Crippen molar-refractivity contribution < 1.29 is 5.11 Å². The number of fused-ring (bicyclic) bond motifs is 1. The van der Waals surface area contributed by atoms with Crippen LogP contribution in [0, 0.1) is 5.92 Å². The van der Waals surface area contributed by atoms with Crippen LogP contribution in [-0.4, -0.2) is 22.8 Å². The molecule has 0 aliphatic carbocycles. The monoisotopic (exact) mass is 278 g/mol. The van der Waals surface area contributed by atoms with Crippen molar-refractivity contribution in [2.24, 2.45) is 13.0 Å². The summed E-state index contributed by atoms with van der Waals surface area (Å²) in [5, 5.41) is 15.8. The van der Waals surface area contributed by atoms with E-state index in [1.54, 1.807) is 0 Å². The Balaban J connectivity index is 2.00. The molecule has 0 amide bonds. The number of nitrogens with one attached hydrogen (secondary N) is 1. The predicted octanol–water partition coefficient (Wildman–Crippen LogP) is 2.86. The molecule has 2 heterocycles. The highest BCUT2D eigenvalue weighted by molar-refractivity contribution is 6.31. The van der Waals surface area contributed by atoms with Crippen LogP contribution in [0.3, 0.4) is 0 Å². The summed E-state index contributed by atoms with van der Waals surface area (Å²) in [4.78, 5) is 0. The van der Waals surface area contributed by atoms with Crippen LogP contribution in [0.5, 0.6) is 0 Å². The molecule has 1 atom stereocenters. The Morgan fingerprint density at radius 2 is 2.11 bits per heavy atom. The molecule has 4 heteroatoms. The van der Waals surface area contributed by atoms with Crippen molar-refractivity contribution >= 4 is 22.5 Å². The van der Waals surface area contributed by atoms with E-state index in [1.165, 1.54) is 0 Å². The molecule has 1 fully saturated rings. The summed E-state index contributed by atoms with van der Waals surface area (Å²) in [5.74, 6) is 0.350. The van der Waals surface area contributed by atoms with E-state index in [4.69, 9.17) is 11.6 Å². The quantitative estimate of drug-likeness (QED) is 0.886. The van der Waals surface area contributed by atoms with Crippen molar-refractivity contribution in [3.8, 4) is 0 Å². The van der Waals surface area contributed by atoms with E-state index in [2.05, 4.69) is 5.32 Å². The zero-order chi connectivity index (χ0) is 13.4. The first-order chi connectivity index (χ1) is 9.16. The summed E-state index contributed by atoms with van der Waals surface area (Å²) in [5.41, 5.74) is 2.11. The van der Waals surface area contributed by atoms with Gasteiger partial charge in [-0.15, -0.1) is 0 Å². The van der Waals surface area contributed by atoms with E-state index in [1.807, 2.05) is 36.0 Å². The molecule has 2 aromatic rings. The Kier molecular flexibility index (Phi) is 3.52. The van der Waals surface area contributed by atoms with Crippen molar-refractivity contribution in [2.45, 2.75) is 18.9 Å². The van der Waals surface area contributed by atoms with Gasteiger partial charge in [0.1, 0.15) is 0 Å². The lowest BCUT2D eigenvalue weighted by Crippen LogP contribution is -2.30. The lowest BCUT2D eigenvalue weighted by atomic mass is 9.88. The predicted molar refractivity (Wildman–Crippen MR) is 78.5 cm³/mol. The van der Waals surface area contributed by atoms with Gasteiger partial charge in [0.2, 0.25) is 0 Å². The Morgan fingerprint density at radius 3 is 2.84 bits per heavy atom. The highest BCUT2D eigenvalue weighted by Crippen LogP contribution is 2.34. The van der Waals surface area contributed by atoms with Crippen LogP contribution in [0.15, 0.2) is 24.4 Å². The van der Waals surface area contributed by atoms with Crippen LogP contribution in [0.25, 0.3) is 10.9 Å². The summed E-state index contributed by atoms with van der Waals surface area (Å²) >= 11 is 6.04. The molecule has 19 heavy (non-hydrogen) atoms. The topological polar surface area (TPSA) is 37.2 Å². The molecular formula is C15H19ClN2O. The maximum absolute atomic E-state index is 10.7. The third-order valence-corrected chi connectivity index (χ3v) is 4.37. The van der Waals surface area contributed by atoms with E-state index >= 15 is 0 Å². The molecule has 2 N–H and O–H groups in total. The minimum absolute atomic E-state index is 0.350. The minimum Gasteiger partial charge on any atom is -0.388 e. The molecule has 3 rings (SSSR count). The molecule has 3 nitrogen and oxygen atoms in total. The van der Waals surface area contributed by atoms with Gasteiger partial charge in [-0.2, -0.15) is 0 Å². The first kappa shape index (κ1) is 13.0. The molecule has 1 aliphatic heterocycles. The SMILES string of the molecule is Cn1cc(C(O)C2CCNCC2)c2ccc(Cl)cc21. The van der Waals surface area contributed by atoms with Crippen LogP contribution in [0.4, 0.5) is 0 Å². The van der Waals surface area contributed by atoms with Gasteiger partial charge < -0.3 is 15.0 Å². The van der Waals surface area contributed by atoms with Crippen LogP contribution in [0.1, 0.15) is 24.5 Å². The Morgan fingerprint density at radius 1 is 1.37 bits per heavy atom. The number of hydrogen-bond acceptors (Lipinski definition) is 2. The summed E-state index contributed by atoms with van der Waals surface area (Å²) in [6.07, 6.45) is 3.72. The second-order valence-corrected chi connectivity index (χ2v) is 5.83. The van der Waals surface area contributed by atoms with E-state index in [0.717, 1.165) is 47.4 Å². The van der Waals surface area contributed by atoms with E-state index in [0.29, 0.717) is 5.92 Å². The molecule has 1 unspecified atom stereocenters. The van der Waals surface area contributed by atoms with Crippen LogP contribution >= 0.6 is 11.6 Å². The average molecular weight is 279 g/mol. The normalized spacial score (nSPS) is 18.9. The van der Waals surface area contributed by atoms with Crippen LogP contribution < -0.4 is 5.32 Å². The smallest absolute Gasteiger partial charge is 0.0839 e. The van der Waals surface area contributed by atoms with E-state index in [-0.39, 0.29) is 6.10 Å². The van der Waals surface area contributed by atoms with Gasteiger partial charge in [0, 0.05) is 34.7 Å². The highest BCUT2D eigenvalue weighted by atomic mass is 35.5. The lowest BCUT2D eigenvalue weighted by Gasteiger charge is -2.27. The number of aliphatic hydroxyl groups excluding tert-OH is 1. The van der Waals surface area contributed by atoms with Crippen molar-refractivity contribution in [2.75, 3.05) is 13.1 Å². The number of halogens is 1. The Hall–Kier alpha value is -1.03. The summed E-state index contributed by atoms with van der Waals surface area (Å²) in [6.45, 7) is 2.00. The van der Waals surface area contributed by atoms with Crippen molar-refractivity contribution in [1.29, 1.82) is 0 Å². The number of rotatable bonds is 2. The minimum atomic E-state index is -0.382. The van der Waals surface area contributed by atoms with Gasteiger partial charge in [-0.05, 0) is 44.0 Å². The van der Waals surface area contributed by atoms with Gasteiger partial charge in [0.25, 0.3) is 0 Å². The molecule has 102 valence electrons. The fraction of sp³-hybridized carbons (Fsp3) is 0.467. The van der Waals surface area contributed by atoms with Crippen molar-refractivity contribution in [1.82, 2.24) is 9.88 Å². The first-order valence-electron chi connectivity index (χ1n) is 6.80. The molecule has 0 spiro atoms. The maximum Gasteiger partial charge on any atom is 0.0839 e. The second kappa shape index (κ2) is 5.16. The average Bonchev–Trinajstić information content (AvgIpc) is 2.76. The molecular weight excluding hydrogens is 260 g/mol. The van der Waals surface area contributed by atoms with Crippen LogP contribution in [0.2, 0.25) is 5.02 Å². The van der Waals surface area contributed by atoms with Gasteiger partial charge in [-0.1, -0.05) is 17.7 Å². The fourth-order valence-corrected chi connectivity index (χ4v) is 3.20. The van der Waals surface area contributed by atoms with Gasteiger partial charge in [-0.25, -0.2) is 0 Å². The number of benzene rings is 1. The van der Waals surface area contributed by atoms with Crippen molar-refractivity contribution in [3.05, 3.63) is 35.0 Å². The number of aryl methyl sites for hydroxylation is 1. The summed E-state index contributed by atoms with van der Waals surface area (Å²) in [6, 6.07) is 5.86. The number of hydrogen-bond donors (Lipinski definition) is 2. The number of aliphatic hydroxyl groups is 1. The summed E-state index contributed by atoms with van der Waals surface area (Å²) < 4.78 is 2.04. The fourth-order valence-electron chi connectivity index (χ4n) is 3.04. The van der Waals surface area contributed by atoms with Crippen molar-refractivity contribution in [3.63, 3.8) is 0 Å². The van der Waals surface area contributed by atoms with Gasteiger partial charge in [0.15, 0.2) is 0 Å². The Labute approximate surface area is 118 Å². The molecule has 1 aromatic carbocycles. The summed E-state index contributed by atoms with van der Waals surface area (Å²) in [7, 11) is 2.00. The number of piperidine rings is 1. The Bertz CT molecular complexity index is 587. The van der Waals surface area contributed by atoms with E-state index in [9.17, 15) is 5.11 Å². The van der Waals surface area contributed by atoms with E-state index < -0.39 is 0 Å². The number of aromatic nitrogens is 1. The molecule has 0 saturated carbocycles. The zero-order valence-corrected chi connectivity index (χ0v) is 11.8. The number of nitrogens with zero attached hydrogens (tertiary/aromatic N) is 1. The molecule has 0 bridgehead atoms. The third-order valence-electron chi connectivity index (χ3n) is 4.13. The van der Waals surface area contributed by atoms with Gasteiger partial charge in [-0.3, -0.25) is 0 Å². The third kappa shape index (κ3) is 2.38. The first-order valence-corrected chi connectivity index (χ1v) is 7.18. The van der Waals surface area contributed by atoms with Gasteiger partial charge in [0.05, 0.1) is 6.10 Å². The highest BCUT2D eigenvalue weighted by Gasteiger charge is 2.25. The largest absolute Gasteiger partial charge is 0.388 e. The van der Waals surface area contributed by atoms with Crippen LogP contribution in [-0.2, 0) is 7.05 Å². The molecule has 0 radical (unpaired) electrons.